The second kappa shape index (κ2) is 6.97. The van der Waals surface area contributed by atoms with Crippen LogP contribution in [0.5, 0.6) is 0 Å². The van der Waals surface area contributed by atoms with Gasteiger partial charge in [0.25, 0.3) is 0 Å². The van der Waals surface area contributed by atoms with Gasteiger partial charge in [-0.25, -0.2) is 0 Å². The van der Waals surface area contributed by atoms with Crippen LogP contribution in [0.2, 0.25) is 0 Å². The molecule has 18 heavy (non-hydrogen) atoms. The molecule has 0 saturated carbocycles. The summed E-state index contributed by atoms with van der Waals surface area (Å²) in [5.74, 6) is 0.614. The van der Waals surface area contributed by atoms with E-state index in [2.05, 4.69) is 66.3 Å². The van der Waals surface area contributed by atoms with E-state index in [1.54, 1.807) is 0 Å². The van der Waals surface area contributed by atoms with Gasteiger partial charge in [-0.15, -0.1) is 0 Å². The molecule has 0 amide bonds. The molecule has 0 aliphatic heterocycles. The van der Waals surface area contributed by atoms with E-state index in [1.165, 1.54) is 18.4 Å². The largest absolute Gasteiger partial charge is 0.0953 e. The third-order valence-corrected chi connectivity index (χ3v) is 5.17. The number of hydrogen-bond acceptors (Lipinski definition) is 0. The van der Waals surface area contributed by atoms with Gasteiger partial charge in [0, 0.05) is 0 Å². The molecule has 0 aromatic heterocycles. The summed E-state index contributed by atoms with van der Waals surface area (Å²) in [4.78, 5) is 0. The van der Waals surface area contributed by atoms with Crippen LogP contribution in [0.15, 0.2) is 36.5 Å². The molecule has 0 spiro atoms. The van der Waals surface area contributed by atoms with E-state index in [0.29, 0.717) is 11.3 Å². The van der Waals surface area contributed by atoms with Crippen molar-refractivity contribution in [2.45, 2.75) is 61.3 Å². The fourth-order valence-electron chi connectivity index (χ4n) is 2.51. The first kappa shape index (κ1) is 17.2. The maximum absolute atomic E-state index is 4.28. The minimum atomic E-state index is 0.138. The van der Waals surface area contributed by atoms with Crippen molar-refractivity contribution >= 4 is 0 Å². The molecule has 0 N–H and O–H groups in total. The maximum atomic E-state index is 4.28. The van der Waals surface area contributed by atoms with Crippen molar-refractivity contribution < 1.29 is 0 Å². The molecule has 104 valence electrons. The molecule has 0 rings (SSSR count). The Kier molecular flexibility index (Phi) is 6.67. The predicted molar refractivity (Wildman–Crippen MR) is 84.7 cm³/mol. The molecule has 0 aromatic rings. The maximum Gasteiger partial charge on any atom is -0.00786 e. The molecule has 0 heteroatoms. The van der Waals surface area contributed by atoms with Crippen molar-refractivity contribution in [1.29, 1.82) is 0 Å². The monoisotopic (exact) mass is 248 g/mol. The third-order valence-electron chi connectivity index (χ3n) is 5.17. The van der Waals surface area contributed by atoms with E-state index in [-0.39, 0.29) is 5.41 Å². The Morgan fingerprint density at radius 2 is 1.61 bits per heavy atom. The van der Waals surface area contributed by atoms with Gasteiger partial charge in [0.1, 0.15) is 0 Å². The zero-order chi connectivity index (χ0) is 14.4. The first-order chi connectivity index (χ1) is 8.26. The van der Waals surface area contributed by atoms with Gasteiger partial charge in [-0.2, -0.15) is 0 Å². The van der Waals surface area contributed by atoms with Crippen LogP contribution in [0, 0.1) is 16.7 Å². The summed E-state index contributed by atoms with van der Waals surface area (Å²) in [5.41, 5.74) is 1.75. The van der Waals surface area contributed by atoms with E-state index in [0.717, 1.165) is 0 Å². The van der Waals surface area contributed by atoms with Gasteiger partial charge in [-0.05, 0) is 29.2 Å². The summed E-state index contributed by atoms with van der Waals surface area (Å²) in [6, 6.07) is 0. The molecule has 1 unspecified atom stereocenters. The summed E-state index contributed by atoms with van der Waals surface area (Å²) < 4.78 is 0. The molecular weight excluding hydrogens is 216 g/mol. The van der Waals surface area contributed by atoms with Gasteiger partial charge >= 0.3 is 0 Å². The van der Waals surface area contributed by atoms with Crippen LogP contribution < -0.4 is 0 Å². The second-order valence-electron chi connectivity index (χ2n) is 6.21. The van der Waals surface area contributed by atoms with Crippen LogP contribution in [-0.2, 0) is 0 Å². The molecule has 0 nitrogen and oxygen atoms in total. The Balaban J connectivity index is 5.07. The average molecular weight is 248 g/mol. The van der Waals surface area contributed by atoms with E-state index in [9.17, 15) is 0 Å². The molecule has 1 atom stereocenters. The molecule has 0 aromatic carbocycles. The predicted octanol–water partition coefficient (Wildman–Crippen LogP) is 6.16. The lowest BCUT2D eigenvalue weighted by atomic mass is 9.60. The fraction of sp³-hybridized carbons (Fsp3) is 0.667. The number of hydrogen-bond donors (Lipinski definition) is 0. The van der Waals surface area contributed by atoms with Crippen molar-refractivity contribution in [3.63, 3.8) is 0 Å². The van der Waals surface area contributed by atoms with Crippen molar-refractivity contribution in [1.82, 2.24) is 0 Å². The summed E-state index contributed by atoms with van der Waals surface area (Å²) in [5, 5.41) is 0. The second-order valence-corrected chi connectivity index (χ2v) is 6.21. The highest BCUT2D eigenvalue weighted by Crippen LogP contribution is 2.48. The first-order valence-corrected chi connectivity index (χ1v) is 7.25. The Morgan fingerprint density at radius 3 is 2.00 bits per heavy atom. The Morgan fingerprint density at radius 1 is 1.11 bits per heavy atom. The lowest BCUT2D eigenvalue weighted by Gasteiger charge is -2.44. The molecule has 0 radical (unpaired) electrons. The number of allylic oxidation sites excluding steroid dienone is 5. The quantitative estimate of drug-likeness (QED) is 0.473. The molecule has 0 aliphatic carbocycles. The summed E-state index contributed by atoms with van der Waals surface area (Å²) in [6.45, 7) is 20.3. The fourth-order valence-corrected chi connectivity index (χ4v) is 2.51. The van der Waals surface area contributed by atoms with Crippen LogP contribution in [0.3, 0.4) is 0 Å². The molecular formula is C18H32. The van der Waals surface area contributed by atoms with Gasteiger partial charge in [-0.3, -0.25) is 0 Å². The van der Waals surface area contributed by atoms with Crippen molar-refractivity contribution in [2.75, 3.05) is 0 Å². The zero-order valence-corrected chi connectivity index (χ0v) is 13.5. The number of rotatable bonds is 7. The van der Waals surface area contributed by atoms with E-state index in [4.69, 9.17) is 0 Å². The van der Waals surface area contributed by atoms with Crippen LogP contribution in [0.1, 0.15) is 61.3 Å². The van der Waals surface area contributed by atoms with Gasteiger partial charge in [0.2, 0.25) is 0 Å². The summed E-state index contributed by atoms with van der Waals surface area (Å²) in [7, 11) is 0. The highest BCUT2D eigenvalue weighted by atomic mass is 14.4. The highest BCUT2D eigenvalue weighted by Gasteiger charge is 2.39. The minimum absolute atomic E-state index is 0.138. The van der Waals surface area contributed by atoms with Gasteiger partial charge in [0.15, 0.2) is 0 Å². The molecule has 0 fully saturated rings. The van der Waals surface area contributed by atoms with Crippen LogP contribution >= 0.6 is 0 Å². The molecule has 0 bridgehead atoms. The topological polar surface area (TPSA) is 0 Å². The van der Waals surface area contributed by atoms with Gasteiger partial charge in [0.05, 0.1) is 0 Å². The van der Waals surface area contributed by atoms with Gasteiger partial charge in [-0.1, -0.05) is 85.3 Å². The molecule has 0 aliphatic rings. The van der Waals surface area contributed by atoms with Crippen LogP contribution in [0.25, 0.3) is 0 Å². The van der Waals surface area contributed by atoms with Gasteiger partial charge < -0.3 is 0 Å². The van der Waals surface area contributed by atoms with E-state index >= 15 is 0 Å². The molecule has 0 saturated heterocycles. The average Bonchev–Trinajstić information content (AvgIpc) is 2.36. The van der Waals surface area contributed by atoms with E-state index in [1.807, 2.05) is 13.0 Å². The van der Waals surface area contributed by atoms with Crippen molar-refractivity contribution in [3.8, 4) is 0 Å². The Labute approximate surface area is 115 Å². The summed E-state index contributed by atoms with van der Waals surface area (Å²) in [6.07, 6.45) is 10.8. The Bertz CT molecular complexity index is 311. The van der Waals surface area contributed by atoms with Crippen molar-refractivity contribution in [3.05, 3.63) is 36.5 Å². The van der Waals surface area contributed by atoms with Crippen LogP contribution in [-0.4, -0.2) is 0 Å². The lowest BCUT2D eigenvalue weighted by molar-refractivity contribution is 0.0918. The highest BCUT2D eigenvalue weighted by molar-refractivity contribution is 5.26. The SMILES string of the molecule is C=C(C=CC=CC)C(C)(C)C(C)C(C)(CC)CC. The smallest absolute Gasteiger partial charge is 0.00786 e. The van der Waals surface area contributed by atoms with E-state index < -0.39 is 0 Å². The standard InChI is InChI=1S/C18H32/c1-9-12-13-14-15(4)17(6,7)16(5)18(8,10-2)11-3/h9,12-14,16H,4,10-11H2,1-3,5-8H3. The first-order valence-electron chi connectivity index (χ1n) is 7.25. The minimum Gasteiger partial charge on any atom is -0.0953 e. The molecule has 0 heterocycles. The normalized spacial score (nSPS) is 15.5. The van der Waals surface area contributed by atoms with Crippen LogP contribution in [0.4, 0.5) is 0 Å². The zero-order valence-electron chi connectivity index (χ0n) is 13.5. The third kappa shape index (κ3) is 3.86. The Hall–Kier alpha value is -0.780. The summed E-state index contributed by atoms with van der Waals surface area (Å²) >= 11 is 0. The lowest BCUT2D eigenvalue weighted by Crippen LogP contribution is -2.36. The van der Waals surface area contributed by atoms with Crippen molar-refractivity contribution in [2.24, 2.45) is 16.7 Å².